The molecule has 22 heavy (non-hydrogen) atoms. The van der Waals surface area contributed by atoms with Gasteiger partial charge >= 0.3 is 0 Å². The first-order chi connectivity index (χ1) is 10.6. The summed E-state index contributed by atoms with van der Waals surface area (Å²) >= 11 is 3.42. The van der Waals surface area contributed by atoms with Gasteiger partial charge in [-0.15, -0.1) is 0 Å². The molecule has 1 amide bonds. The highest BCUT2D eigenvalue weighted by Crippen LogP contribution is 2.16. The topological polar surface area (TPSA) is 45.7 Å². The number of anilines is 1. The Kier molecular flexibility index (Phi) is 6.10. The van der Waals surface area contributed by atoms with E-state index in [1.807, 2.05) is 17.4 Å². The average molecular weight is 366 g/mol. The molecule has 1 atom stereocenters. The van der Waals surface area contributed by atoms with Gasteiger partial charge in [-0.1, -0.05) is 41.1 Å². The van der Waals surface area contributed by atoms with E-state index < -0.39 is 0 Å². The molecule has 2 aromatic carbocycles. The van der Waals surface area contributed by atoms with Crippen LogP contribution in [0.25, 0.3) is 0 Å². The number of halogens is 2. The SMILES string of the molecule is CC[C@H]([NH2+]CC(=O)Nc1cccc(F)c1)c1ccc(Br)cc1. The Balaban J connectivity index is 1.90. The van der Waals surface area contributed by atoms with Crippen LogP contribution in [0.1, 0.15) is 24.9 Å². The summed E-state index contributed by atoms with van der Waals surface area (Å²) in [5, 5.41) is 4.70. The van der Waals surface area contributed by atoms with Crippen LogP contribution in [0.3, 0.4) is 0 Å². The second kappa shape index (κ2) is 8.06. The molecule has 0 aliphatic carbocycles. The molecule has 116 valence electrons. The summed E-state index contributed by atoms with van der Waals surface area (Å²) in [6.45, 7) is 2.39. The summed E-state index contributed by atoms with van der Waals surface area (Å²) in [7, 11) is 0. The first-order valence-corrected chi connectivity index (χ1v) is 8.02. The third-order valence-corrected chi connectivity index (χ3v) is 3.96. The number of rotatable bonds is 6. The Morgan fingerprint density at radius 1 is 1.27 bits per heavy atom. The van der Waals surface area contributed by atoms with Crippen LogP contribution in [0.4, 0.5) is 10.1 Å². The van der Waals surface area contributed by atoms with Gasteiger partial charge in [0.15, 0.2) is 6.54 Å². The van der Waals surface area contributed by atoms with E-state index >= 15 is 0 Å². The van der Waals surface area contributed by atoms with Gasteiger partial charge in [-0.3, -0.25) is 4.79 Å². The van der Waals surface area contributed by atoms with E-state index in [0.29, 0.717) is 12.2 Å². The summed E-state index contributed by atoms with van der Waals surface area (Å²) in [6.07, 6.45) is 0.925. The fourth-order valence-electron chi connectivity index (χ4n) is 2.28. The van der Waals surface area contributed by atoms with Crippen LogP contribution in [-0.2, 0) is 4.79 Å². The summed E-state index contributed by atoms with van der Waals surface area (Å²) in [4.78, 5) is 12.0. The maximum atomic E-state index is 13.1. The second-order valence-electron chi connectivity index (χ2n) is 5.06. The summed E-state index contributed by atoms with van der Waals surface area (Å²) < 4.78 is 14.1. The molecule has 3 N–H and O–H groups in total. The largest absolute Gasteiger partial charge is 0.332 e. The lowest BCUT2D eigenvalue weighted by atomic mass is 10.0. The maximum Gasteiger partial charge on any atom is 0.279 e. The number of hydrogen-bond donors (Lipinski definition) is 2. The lowest BCUT2D eigenvalue weighted by Gasteiger charge is -2.14. The van der Waals surface area contributed by atoms with Gasteiger partial charge < -0.3 is 10.6 Å². The third-order valence-electron chi connectivity index (χ3n) is 3.43. The van der Waals surface area contributed by atoms with E-state index in [1.54, 1.807) is 12.1 Å². The minimum absolute atomic E-state index is 0.138. The highest BCUT2D eigenvalue weighted by atomic mass is 79.9. The van der Waals surface area contributed by atoms with Gasteiger partial charge in [-0.25, -0.2) is 4.39 Å². The van der Waals surface area contributed by atoms with Gasteiger partial charge in [0, 0.05) is 22.1 Å². The Labute approximate surface area is 138 Å². The standard InChI is InChI=1S/C17H18BrFN2O/c1-2-16(12-6-8-13(18)9-7-12)20-11-17(22)21-15-5-3-4-14(19)10-15/h3-10,16,20H,2,11H2,1H3,(H,21,22)/p+1/t16-/m0/s1. The van der Waals surface area contributed by atoms with Gasteiger partial charge in [0.2, 0.25) is 0 Å². The smallest absolute Gasteiger partial charge is 0.279 e. The van der Waals surface area contributed by atoms with Crippen molar-refractivity contribution in [2.24, 2.45) is 0 Å². The van der Waals surface area contributed by atoms with Crippen molar-refractivity contribution in [2.75, 3.05) is 11.9 Å². The van der Waals surface area contributed by atoms with Crippen LogP contribution in [0.15, 0.2) is 53.0 Å². The van der Waals surface area contributed by atoms with Crippen molar-refractivity contribution in [3.63, 3.8) is 0 Å². The van der Waals surface area contributed by atoms with Crippen molar-refractivity contribution in [3.8, 4) is 0 Å². The molecule has 0 spiro atoms. The van der Waals surface area contributed by atoms with Gasteiger partial charge in [0.05, 0.1) is 0 Å². The zero-order valence-corrected chi connectivity index (χ0v) is 13.9. The fourth-order valence-corrected chi connectivity index (χ4v) is 2.54. The van der Waals surface area contributed by atoms with Crippen LogP contribution in [0.2, 0.25) is 0 Å². The molecule has 0 bridgehead atoms. The quantitative estimate of drug-likeness (QED) is 0.810. The number of nitrogens with two attached hydrogens (primary N) is 1. The van der Waals surface area contributed by atoms with Crippen molar-refractivity contribution in [3.05, 3.63) is 64.4 Å². The third kappa shape index (κ3) is 4.93. The highest BCUT2D eigenvalue weighted by Gasteiger charge is 2.14. The number of quaternary nitrogens is 1. The number of carbonyl (C=O) groups is 1. The molecular weight excluding hydrogens is 347 g/mol. The van der Waals surface area contributed by atoms with Gasteiger partial charge in [-0.2, -0.15) is 0 Å². The first-order valence-electron chi connectivity index (χ1n) is 7.22. The van der Waals surface area contributed by atoms with Crippen molar-refractivity contribution >= 4 is 27.5 Å². The Morgan fingerprint density at radius 3 is 2.64 bits per heavy atom. The van der Waals surface area contributed by atoms with E-state index in [0.717, 1.165) is 10.9 Å². The predicted molar refractivity (Wildman–Crippen MR) is 89.0 cm³/mol. The molecule has 0 radical (unpaired) electrons. The molecule has 0 saturated carbocycles. The zero-order valence-electron chi connectivity index (χ0n) is 12.4. The van der Waals surface area contributed by atoms with E-state index in [9.17, 15) is 9.18 Å². The second-order valence-corrected chi connectivity index (χ2v) is 5.98. The number of carbonyl (C=O) groups excluding carboxylic acids is 1. The number of nitrogens with one attached hydrogen (secondary N) is 1. The van der Waals surface area contributed by atoms with Crippen LogP contribution < -0.4 is 10.6 Å². The normalized spacial score (nSPS) is 12.0. The Hall–Kier alpha value is -1.72. The molecule has 0 unspecified atom stereocenters. The van der Waals surface area contributed by atoms with Gasteiger partial charge in [0.1, 0.15) is 11.9 Å². The molecular formula is C17H19BrFN2O+. The molecule has 0 aliphatic heterocycles. The monoisotopic (exact) mass is 365 g/mol. The van der Waals surface area contributed by atoms with Crippen LogP contribution in [0, 0.1) is 5.82 Å². The van der Waals surface area contributed by atoms with Crippen molar-refractivity contribution in [1.82, 2.24) is 0 Å². The van der Waals surface area contributed by atoms with Crippen molar-refractivity contribution < 1.29 is 14.5 Å². The minimum Gasteiger partial charge on any atom is -0.332 e. The lowest BCUT2D eigenvalue weighted by molar-refractivity contribution is -0.686. The molecule has 2 aromatic rings. The maximum absolute atomic E-state index is 13.1. The van der Waals surface area contributed by atoms with Gasteiger partial charge in [0.25, 0.3) is 5.91 Å². The molecule has 2 rings (SSSR count). The van der Waals surface area contributed by atoms with Crippen LogP contribution in [-0.4, -0.2) is 12.5 Å². The predicted octanol–water partition coefficient (Wildman–Crippen LogP) is 3.24. The van der Waals surface area contributed by atoms with E-state index in [2.05, 4.69) is 40.3 Å². The Morgan fingerprint density at radius 2 is 2.00 bits per heavy atom. The minimum atomic E-state index is -0.358. The average Bonchev–Trinajstić information content (AvgIpc) is 2.49. The fraction of sp³-hybridized carbons (Fsp3) is 0.235. The molecule has 3 nitrogen and oxygen atoms in total. The van der Waals surface area contributed by atoms with E-state index in [1.165, 1.54) is 17.7 Å². The zero-order chi connectivity index (χ0) is 15.9. The molecule has 0 saturated heterocycles. The Bertz CT molecular complexity index is 631. The molecule has 0 fully saturated rings. The molecule has 0 heterocycles. The highest BCUT2D eigenvalue weighted by molar-refractivity contribution is 9.10. The number of hydrogen-bond acceptors (Lipinski definition) is 1. The van der Waals surface area contributed by atoms with E-state index in [-0.39, 0.29) is 17.8 Å². The van der Waals surface area contributed by atoms with Crippen molar-refractivity contribution in [2.45, 2.75) is 19.4 Å². The number of amides is 1. The summed E-state index contributed by atoms with van der Waals surface area (Å²) in [5.74, 6) is -0.496. The molecule has 5 heteroatoms. The summed E-state index contributed by atoms with van der Waals surface area (Å²) in [6, 6.07) is 14.2. The summed E-state index contributed by atoms with van der Waals surface area (Å²) in [5.41, 5.74) is 1.67. The van der Waals surface area contributed by atoms with E-state index in [4.69, 9.17) is 0 Å². The lowest BCUT2D eigenvalue weighted by Crippen LogP contribution is -2.87. The molecule has 0 aromatic heterocycles. The van der Waals surface area contributed by atoms with Crippen LogP contribution >= 0.6 is 15.9 Å². The van der Waals surface area contributed by atoms with Gasteiger partial charge in [-0.05, 0) is 30.3 Å². The van der Waals surface area contributed by atoms with Crippen LogP contribution in [0.5, 0.6) is 0 Å². The number of benzene rings is 2. The van der Waals surface area contributed by atoms with Crippen molar-refractivity contribution in [1.29, 1.82) is 0 Å². The first kappa shape index (κ1) is 16.6. The molecule has 0 aliphatic rings.